The molecule has 0 amide bonds. The number of hydrogen-bond donors (Lipinski definition) is 1. The van der Waals surface area contributed by atoms with E-state index in [4.69, 9.17) is 0 Å². The normalized spacial score (nSPS) is 10.6. The van der Waals surface area contributed by atoms with Gasteiger partial charge in [0.25, 0.3) is 12.0 Å². The van der Waals surface area contributed by atoms with Crippen LogP contribution in [-0.4, -0.2) is 18.1 Å². The molecule has 0 radical (unpaired) electrons. The van der Waals surface area contributed by atoms with Crippen molar-refractivity contribution in [1.82, 2.24) is 4.98 Å². The number of esters is 1. The highest BCUT2D eigenvalue weighted by molar-refractivity contribution is 9.08. The fraction of sp³-hybridized carbons (Fsp3) is 0.333. The Bertz CT molecular complexity index is 459. The Hall–Kier alpha value is -1.24. The van der Waals surface area contributed by atoms with Crippen molar-refractivity contribution >= 4 is 21.9 Å². The molecule has 0 aliphatic carbocycles. The molecule has 1 N–H and O–H groups in total. The molecule has 0 saturated heterocycles. The second-order valence-corrected chi connectivity index (χ2v) is 3.44. The van der Waals surface area contributed by atoms with E-state index in [0.29, 0.717) is 0 Å². The first kappa shape index (κ1) is 12.8. The molecule has 0 saturated carbocycles. The van der Waals surface area contributed by atoms with Crippen molar-refractivity contribution < 1.29 is 18.3 Å². The molecule has 4 nitrogen and oxygen atoms in total. The minimum absolute atomic E-state index is 0.128. The van der Waals surface area contributed by atoms with Gasteiger partial charge >= 0.3 is 5.97 Å². The Labute approximate surface area is 97.7 Å². The van der Waals surface area contributed by atoms with E-state index in [1.165, 1.54) is 0 Å². The second-order valence-electron chi connectivity index (χ2n) is 2.88. The quantitative estimate of drug-likeness (QED) is 0.685. The van der Waals surface area contributed by atoms with Crippen LogP contribution in [0.5, 0.6) is 0 Å². The van der Waals surface area contributed by atoms with Crippen LogP contribution < -0.4 is 5.56 Å². The number of aromatic nitrogens is 1. The number of halogens is 3. The van der Waals surface area contributed by atoms with Crippen LogP contribution in [0.2, 0.25) is 0 Å². The van der Waals surface area contributed by atoms with E-state index in [-0.39, 0.29) is 10.9 Å². The summed E-state index contributed by atoms with van der Waals surface area (Å²) < 4.78 is 29.6. The summed E-state index contributed by atoms with van der Waals surface area (Å²) in [6.07, 6.45) is -2.86. The maximum absolute atomic E-state index is 12.6. The number of aromatic amines is 1. The summed E-state index contributed by atoms with van der Waals surface area (Å²) in [5, 5.41) is 0.128. The molecule has 0 bridgehead atoms. The average molecular weight is 296 g/mol. The third-order valence-electron chi connectivity index (χ3n) is 1.92. The van der Waals surface area contributed by atoms with Crippen LogP contribution in [0, 0.1) is 0 Å². The van der Waals surface area contributed by atoms with Gasteiger partial charge in [-0.05, 0) is 6.07 Å². The molecule has 16 heavy (non-hydrogen) atoms. The number of alkyl halides is 3. The van der Waals surface area contributed by atoms with Gasteiger partial charge in [0, 0.05) is 16.5 Å². The number of carbonyl (C=O) groups excluding carboxylic acids is 1. The summed E-state index contributed by atoms with van der Waals surface area (Å²) in [6, 6.07) is 0.991. The van der Waals surface area contributed by atoms with Crippen LogP contribution in [0.15, 0.2) is 10.9 Å². The van der Waals surface area contributed by atoms with Crippen molar-refractivity contribution in [3.05, 3.63) is 33.2 Å². The van der Waals surface area contributed by atoms with Crippen molar-refractivity contribution in [2.24, 2.45) is 0 Å². The Morgan fingerprint density at radius 2 is 2.25 bits per heavy atom. The fourth-order valence-corrected chi connectivity index (χ4v) is 1.55. The van der Waals surface area contributed by atoms with Crippen molar-refractivity contribution in [1.29, 1.82) is 0 Å². The predicted molar refractivity (Wildman–Crippen MR) is 56.0 cm³/mol. The number of ether oxygens (including phenoxy) is 1. The molecule has 88 valence electrons. The number of carbonyl (C=O) groups is 1. The smallest absolute Gasteiger partial charge is 0.355 e. The van der Waals surface area contributed by atoms with E-state index in [9.17, 15) is 18.4 Å². The lowest BCUT2D eigenvalue weighted by molar-refractivity contribution is 0.0581. The first-order chi connectivity index (χ1) is 7.51. The summed E-state index contributed by atoms with van der Waals surface area (Å²) >= 11 is 2.99. The molecule has 0 aliphatic heterocycles. The third-order valence-corrected chi connectivity index (χ3v) is 2.52. The summed E-state index contributed by atoms with van der Waals surface area (Å²) in [4.78, 5) is 24.6. The van der Waals surface area contributed by atoms with Crippen LogP contribution in [-0.2, 0) is 10.1 Å². The van der Waals surface area contributed by atoms with Crippen molar-refractivity contribution in [2.75, 3.05) is 7.11 Å². The zero-order valence-electron chi connectivity index (χ0n) is 8.22. The zero-order chi connectivity index (χ0) is 12.3. The SMILES string of the molecule is COC(=O)c1[nH]c(=O)c(CBr)cc1C(F)F. The van der Waals surface area contributed by atoms with Gasteiger partial charge in [-0.3, -0.25) is 4.79 Å². The highest BCUT2D eigenvalue weighted by Gasteiger charge is 2.21. The number of H-pyrrole nitrogens is 1. The summed E-state index contributed by atoms with van der Waals surface area (Å²) in [6.45, 7) is 0. The van der Waals surface area contributed by atoms with E-state index in [1.54, 1.807) is 0 Å². The van der Waals surface area contributed by atoms with Crippen molar-refractivity contribution in [3.8, 4) is 0 Å². The molecule has 0 aromatic carbocycles. The van der Waals surface area contributed by atoms with Gasteiger partial charge < -0.3 is 9.72 Å². The van der Waals surface area contributed by atoms with E-state index in [1.807, 2.05) is 0 Å². The molecule has 7 heteroatoms. The number of nitrogens with one attached hydrogen (secondary N) is 1. The maximum Gasteiger partial charge on any atom is 0.355 e. The first-order valence-electron chi connectivity index (χ1n) is 4.19. The summed E-state index contributed by atoms with van der Waals surface area (Å²) in [7, 11) is 1.05. The summed E-state index contributed by atoms with van der Waals surface area (Å²) in [5.74, 6) is -0.992. The van der Waals surface area contributed by atoms with Crippen LogP contribution in [0.4, 0.5) is 8.78 Å². The lowest BCUT2D eigenvalue weighted by Gasteiger charge is -2.07. The van der Waals surface area contributed by atoms with Gasteiger partial charge in [-0.1, -0.05) is 15.9 Å². The van der Waals surface area contributed by atoms with Gasteiger partial charge in [-0.2, -0.15) is 0 Å². The van der Waals surface area contributed by atoms with Crippen LogP contribution in [0.3, 0.4) is 0 Å². The van der Waals surface area contributed by atoms with E-state index < -0.39 is 29.2 Å². The van der Waals surface area contributed by atoms with E-state index >= 15 is 0 Å². The van der Waals surface area contributed by atoms with Crippen molar-refractivity contribution in [2.45, 2.75) is 11.8 Å². The monoisotopic (exact) mass is 295 g/mol. The maximum atomic E-state index is 12.6. The Morgan fingerprint density at radius 1 is 1.62 bits per heavy atom. The standard InChI is InChI=1S/C9H8BrF2NO3/c1-16-9(15)6-5(7(11)12)2-4(3-10)8(14)13-6/h2,7H,3H2,1H3,(H,13,14). The predicted octanol–water partition coefficient (Wildman–Crippen LogP) is 1.99. The topological polar surface area (TPSA) is 59.2 Å². The van der Waals surface area contributed by atoms with E-state index in [0.717, 1.165) is 13.2 Å². The molecule has 1 heterocycles. The number of rotatable bonds is 3. The van der Waals surface area contributed by atoms with Crippen LogP contribution >= 0.6 is 15.9 Å². The minimum atomic E-state index is -2.86. The lowest BCUT2D eigenvalue weighted by atomic mass is 10.1. The second kappa shape index (κ2) is 5.20. The number of methoxy groups -OCH3 is 1. The molecule has 1 aromatic rings. The molecule has 0 unspecified atom stereocenters. The summed E-state index contributed by atoms with van der Waals surface area (Å²) in [5.41, 5.74) is -1.52. The van der Waals surface area contributed by atoms with E-state index in [2.05, 4.69) is 25.7 Å². The van der Waals surface area contributed by atoms with Crippen LogP contribution in [0.1, 0.15) is 28.0 Å². The highest BCUT2D eigenvalue weighted by Crippen LogP contribution is 2.22. The number of hydrogen-bond acceptors (Lipinski definition) is 3. The molecular weight excluding hydrogens is 288 g/mol. The largest absolute Gasteiger partial charge is 0.464 e. The Balaban J connectivity index is 3.42. The van der Waals surface area contributed by atoms with Gasteiger partial charge in [0.2, 0.25) is 0 Å². The van der Waals surface area contributed by atoms with Gasteiger partial charge in [0.15, 0.2) is 0 Å². The number of pyridine rings is 1. The zero-order valence-corrected chi connectivity index (χ0v) is 9.81. The Morgan fingerprint density at radius 3 is 2.69 bits per heavy atom. The molecule has 1 aromatic heterocycles. The fourth-order valence-electron chi connectivity index (χ4n) is 1.13. The molecule has 0 atom stereocenters. The molecule has 0 aliphatic rings. The van der Waals surface area contributed by atoms with Gasteiger partial charge in [-0.25, -0.2) is 13.6 Å². The van der Waals surface area contributed by atoms with Crippen molar-refractivity contribution in [3.63, 3.8) is 0 Å². The molecular formula is C9H8BrF2NO3. The highest BCUT2D eigenvalue weighted by atomic mass is 79.9. The minimum Gasteiger partial charge on any atom is -0.464 e. The van der Waals surface area contributed by atoms with Gasteiger partial charge in [0.05, 0.1) is 7.11 Å². The molecule has 0 spiro atoms. The molecule has 0 fully saturated rings. The lowest BCUT2D eigenvalue weighted by Crippen LogP contribution is -2.20. The molecule has 1 rings (SSSR count). The first-order valence-corrected chi connectivity index (χ1v) is 5.32. The average Bonchev–Trinajstić information content (AvgIpc) is 2.27. The van der Waals surface area contributed by atoms with Gasteiger partial charge in [0.1, 0.15) is 5.69 Å². The Kier molecular flexibility index (Phi) is 4.17. The van der Waals surface area contributed by atoms with Crippen LogP contribution in [0.25, 0.3) is 0 Å². The third kappa shape index (κ3) is 2.46. The van der Waals surface area contributed by atoms with Gasteiger partial charge in [-0.15, -0.1) is 0 Å².